The summed E-state index contributed by atoms with van der Waals surface area (Å²) in [4.78, 5) is 35.8. The Bertz CT molecular complexity index is 1680. The van der Waals surface area contributed by atoms with Gasteiger partial charge >= 0.3 is 0 Å². The maximum atomic E-state index is 13.4. The van der Waals surface area contributed by atoms with E-state index < -0.39 is 10.0 Å². The van der Waals surface area contributed by atoms with Gasteiger partial charge in [0, 0.05) is 48.9 Å². The van der Waals surface area contributed by atoms with Gasteiger partial charge in [-0.25, -0.2) is 22.7 Å². The average Bonchev–Trinajstić information content (AvgIpc) is 3.03. The van der Waals surface area contributed by atoms with Crippen molar-refractivity contribution in [2.45, 2.75) is 44.9 Å². The van der Waals surface area contributed by atoms with E-state index in [1.165, 1.54) is 35.0 Å². The summed E-state index contributed by atoms with van der Waals surface area (Å²) in [6.45, 7) is 6.42. The summed E-state index contributed by atoms with van der Waals surface area (Å²) < 4.78 is 30.8. The monoisotopic (exact) mass is 673 g/mol. The van der Waals surface area contributed by atoms with Gasteiger partial charge in [0.15, 0.2) is 0 Å². The first-order valence-electron chi connectivity index (χ1n) is 14.5. The van der Waals surface area contributed by atoms with Crippen LogP contribution >= 0.6 is 23.2 Å². The zero-order valence-corrected chi connectivity index (χ0v) is 28.1. The number of benzene rings is 2. The molecule has 13 heteroatoms. The Kier molecular flexibility index (Phi) is 11.2. The zero-order valence-electron chi connectivity index (χ0n) is 25.8. The SMILES string of the molecule is C=CC(=O)Nc1cc(C2CCN(S(C)(=O)=O)CC2)ccc1Cc1cc(N(C)C(=O)Cc2c(Cl)c(CC)cc(OC)c2Cl)ncn1. The van der Waals surface area contributed by atoms with Gasteiger partial charge in [0.05, 0.1) is 30.5 Å². The van der Waals surface area contributed by atoms with Crippen molar-refractivity contribution in [3.63, 3.8) is 0 Å². The van der Waals surface area contributed by atoms with E-state index >= 15 is 0 Å². The van der Waals surface area contributed by atoms with Crippen LogP contribution in [-0.4, -0.2) is 68.0 Å². The fourth-order valence-corrected chi connectivity index (χ4v) is 6.93. The van der Waals surface area contributed by atoms with Crippen molar-refractivity contribution in [1.29, 1.82) is 0 Å². The Morgan fingerprint density at radius 3 is 2.47 bits per heavy atom. The molecule has 0 spiro atoms. The second-order valence-electron chi connectivity index (χ2n) is 10.9. The maximum Gasteiger partial charge on any atom is 0.247 e. The molecule has 1 fully saturated rings. The quantitative estimate of drug-likeness (QED) is 0.270. The largest absolute Gasteiger partial charge is 0.495 e. The molecule has 1 N–H and O–H groups in total. The van der Waals surface area contributed by atoms with Gasteiger partial charge in [0.1, 0.15) is 17.9 Å². The molecule has 0 atom stereocenters. The number of carbonyl (C=O) groups excluding carboxylic acids is 2. The van der Waals surface area contributed by atoms with Gasteiger partial charge in [-0.05, 0) is 60.1 Å². The van der Waals surface area contributed by atoms with Crippen LogP contribution in [0.5, 0.6) is 5.75 Å². The summed E-state index contributed by atoms with van der Waals surface area (Å²) in [5, 5.41) is 3.63. The summed E-state index contributed by atoms with van der Waals surface area (Å²) in [5.41, 5.74) is 4.39. The van der Waals surface area contributed by atoms with Crippen molar-refractivity contribution < 1.29 is 22.7 Å². The number of rotatable bonds is 11. The van der Waals surface area contributed by atoms with Crippen LogP contribution in [0.4, 0.5) is 11.5 Å². The molecule has 0 radical (unpaired) electrons. The number of aromatic nitrogens is 2. The fourth-order valence-electron chi connectivity index (χ4n) is 5.37. The van der Waals surface area contributed by atoms with E-state index in [9.17, 15) is 18.0 Å². The number of halogens is 2. The van der Waals surface area contributed by atoms with Gasteiger partial charge < -0.3 is 10.1 Å². The normalized spacial score (nSPS) is 14.2. The molecule has 0 aliphatic carbocycles. The molecule has 2 aromatic carbocycles. The molecular formula is C32H37Cl2N5O5S. The lowest BCUT2D eigenvalue weighted by Gasteiger charge is -2.30. The minimum Gasteiger partial charge on any atom is -0.495 e. The first-order chi connectivity index (χ1) is 21.4. The Labute approximate surface area is 274 Å². The van der Waals surface area contributed by atoms with Crippen molar-refractivity contribution in [3.8, 4) is 5.75 Å². The standard InChI is InChI=1S/C32H37Cl2N5O5S/c1-6-20-16-27(44-4)32(34)25(31(20)33)18-30(41)38(3)28-17-24(35-19-36-28)14-23-9-8-22(15-26(23)37-29(40)7-2)21-10-12-39(13-11-21)45(5,42)43/h7-9,15-17,19,21H,2,6,10-14,18H2,1,3-5H3,(H,37,40). The number of hydrogen-bond acceptors (Lipinski definition) is 7. The molecule has 240 valence electrons. The number of methoxy groups -OCH3 is 1. The van der Waals surface area contributed by atoms with E-state index in [-0.39, 0.29) is 24.2 Å². The lowest BCUT2D eigenvalue weighted by Crippen LogP contribution is -2.37. The fraction of sp³-hybridized carbons (Fsp3) is 0.375. The van der Waals surface area contributed by atoms with Gasteiger partial charge in [-0.1, -0.05) is 48.8 Å². The molecule has 0 saturated carbocycles. The molecule has 0 unspecified atom stereocenters. The average molecular weight is 675 g/mol. The van der Waals surface area contributed by atoms with Gasteiger partial charge in [-0.3, -0.25) is 14.5 Å². The van der Waals surface area contributed by atoms with Crippen LogP contribution in [0.25, 0.3) is 0 Å². The molecule has 0 bridgehead atoms. The summed E-state index contributed by atoms with van der Waals surface area (Å²) in [7, 11) is -0.0929. The highest BCUT2D eigenvalue weighted by Gasteiger charge is 2.26. The van der Waals surface area contributed by atoms with Crippen molar-refractivity contribution in [3.05, 3.63) is 87.3 Å². The number of nitrogens with zero attached hydrogens (tertiary/aromatic N) is 4. The molecule has 2 amide bonds. The number of carbonyl (C=O) groups is 2. The molecular weight excluding hydrogens is 637 g/mol. The summed E-state index contributed by atoms with van der Waals surface area (Å²) in [6.07, 6.45) is 6.13. The predicted octanol–water partition coefficient (Wildman–Crippen LogP) is 5.41. The first-order valence-corrected chi connectivity index (χ1v) is 17.1. The lowest BCUT2D eigenvalue weighted by atomic mass is 9.88. The van der Waals surface area contributed by atoms with Crippen LogP contribution in [0.15, 0.2) is 49.3 Å². The number of sulfonamides is 1. The Balaban J connectivity index is 1.55. The van der Waals surface area contributed by atoms with E-state index in [0.717, 1.165) is 16.7 Å². The van der Waals surface area contributed by atoms with Gasteiger partial charge in [0.25, 0.3) is 0 Å². The topological polar surface area (TPSA) is 122 Å². The van der Waals surface area contributed by atoms with Crippen LogP contribution in [0.2, 0.25) is 10.0 Å². The third-order valence-corrected chi connectivity index (χ3v) is 10.2. The van der Waals surface area contributed by atoms with Crippen LogP contribution < -0.4 is 15.0 Å². The van der Waals surface area contributed by atoms with Crippen LogP contribution in [0.1, 0.15) is 53.6 Å². The second-order valence-corrected chi connectivity index (χ2v) is 13.7. The highest BCUT2D eigenvalue weighted by atomic mass is 35.5. The third kappa shape index (κ3) is 8.21. The number of nitrogens with one attached hydrogen (secondary N) is 1. The molecule has 3 aromatic rings. The Hall–Kier alpha value is -3.51. The highest BCUT2D eigenvalue weighted by Crippen LogP contribution is 2.37. The van der Waals surface area contributed by atoms with Crippen LogP contribution in [-0.2, 0) is 38.9 Å². The van der Waals surface area contributed by atoms with E-state index in [0.29, 0.717) is 77.3 Å². The van der Waals surface area contributed by atoms with Gasteiger partial charge in [-0.15, -0.1) is 0 Å². The Morgan fingerprint density at radius 1 is 1.13 bits per heavy atom. The second kappa shape index (κ2) is 14.7. The number of anilines is 2. The van der Waals surface area contributed by atoms with Crippen molar-refractivity contribution in [1.82, 2.24) is 14.3 Å². The van der Waals surface area contributed by atoms with Gasteiger partial charge in [0.2, 0.25) is 21.8 Å². The molecule has 1 aliphatic rings. The first kappa shape index (κ1) is 34.4. The Morgan fingerprint density at radius 2 is 1.84 bits per heavy atom. The number of hydrogen-bond donors (Lipinski definition) is 1. The lowest BCUT2D eigenvalue weighted by molar-refractivity contribution is -0.117. The minimum atomic E-state index is -3.23. The highest BCUT2D eigenvalue weighted by molar-refractivity contribution is 7.88. The van der Waals surface area contributed by atoms with E-state index in [4.69, 9.17) is 27.9 Å². The van der Waals surface area contributed by atoms with E-state index in [1.807, 2.05) is 25.1 Å². The number of likely N-dealkylation sites (N-methyl/N-ethyl adjacent to an activating group) is 1. The minimum absolute atomic E-state index is 0.0555. The molecule has 1 aliphatic heterocycles. The third-order valence-electron chi connectivity index (χ3n) is 8.03. The summed E-state index contributed by atoms with van der Waals surface area (Å²) >= 11 is 13.1. The number of piperidine rings is 1. The molecule has 45 heavy (non-hydrogen) atoms. The number of aryl methyl sites for hydroxylation is 1. The number of ether oxygens (including phenoxy) is 1. The van der Waals surface area contributed by atoms with Crippen molar-refractivity contribution in [2.24, 2.45) is 0 Å². The molecule has 4 rings (SSSR count). The number of amides is 2. The smallest absolute Gasteiger partial charge is 0.247 e. The van der Waals surface area contributed by atoms with Gasteiger partial charge in [-0.2, -0.15) is 0 Å². The summed E-state index contributed by atoms with van der Waals surface area (Å²) in [5.74, 6) is 0.375. The summed E-state index contributed by atoms with van der Waals surface area (Å²) in [6, 6.07) is 9.37. The van der Waals surface area contributed by atoms with Crippen LogP contribution in [0.3, 0.4) is 0 Å². The molecule has 10 nitrogen and oxygen atoms in total. The van der Waals surface area contributed by atoms with Crippen molar-refractivity contribution >= 4 is 56.5 Å². The maximum absolute atomic E-state index is 13.4. The molecule has 1 aromatic heterocycles. The van der Waals surface area contributed by atoms with Crippen LogP contribution in [0, 0.1) is 0 Å². The molecule has 2 heterocycles. The zero-order chi connectivity index (χ0) is 32.9. The van der Waals surface area contributed by atoms with E-state index in [2.05, 4.69) is 21.9 Å². The van der Waals surface area contributed by atoms with E-state index in [1.54, 1.807) is 19.2 Å². The molecule has 1 saturated heterocycles. The van der Waals surface area contributed by atoms with Crippen molar-refractivity contribution in [2.75, 3.05) is 43.7 Å². The predicted molar refractivity (Wildman–Crippen MR) is 178 cm³/mol.